The number of para-hydroxylation sites is 2. The number of imidazole rings is 1. The van der Waals surface area contributed by atoms with Gasteiger partial charge < -0.3 is 8.98 Å². The third-order valence-electron chi connectivity index (χ3n) is 11.6. The molecule has 56 heavy (non-hydrogen) atoms. The lowest BCUT2D eigenvalue weighted by Gasteiger charge is -2.32. The van der Waals surface area contributed by atoms with E-state index in [-0.39, 0.29) is 0 Å². The second-order valence-corrected chi connectivity index (χ2v) is 17.2. The Labute approximate surface area is 322 Å². The molecule has 12 rings (SSSR count). The van der Waals surface area contributed by atoms with Crippen LogP contribution in [0.4, 0.5) is 0 Å². The molecule has 0 radical (unpaired) electrons. The van der Waals surface area contributed by atoms with Crippen LogP contribution >= 0.6 is 7.14 Å². The maximum Gasteiger partial charge on any atom is 0.175 e. The molecule has 0 spiro atoms. The Morgan fingerprint density at radius 2 is 1.09 bits per heavy atom. The molecule has 0 amide bonds. The molecular weight excluding hydrogens is 704 g/mol. The molecule has 1 unspecified atom stereocenters. The van der Waals surface area contributed by atoms with Crippen molar-refractivity contribution in [2.24, 2.45) is 0 Å². The fraction of sp³-hybridized carbons (Fsp3) is 0. The molecule has 0 N–H and O–H groups in total. The number of hydrogen-bond donors (Lipinski definition) is 0. The molecule has 0 saturated carbocycles. The van der Waals surface area contributed by atoms with Crippen molar-refractivity contribution in [3.05, 3.63) is 188 Å². The molecule has 11 aromatic rings. The van der Waals surface area contributed by atoms with Crippen molar-refractivity contribution in [2.75, 3.05) is 0 Å². The van der Waals surface area contributed by atoms with Gasteiger partial charge in [0.1, 0.15) is 17.0 Å². The predicted molar refractivity (Wildman–Crippen MR) is 233 cm³/mol. The molecule has 5 heteroatoms. The summed E-state index contributed by atoms with van der Waals surface area (Å²) < 4.78 is 25.4. The van der Waals surface area contributed by atoms with Gasteiger partial charge in [-0.3, -0.25) is 4.57 Å². The van der Waals surface area contributed by atoms with Crippen LogP contribution in [0.2, 0.25) is 0 Å². The third kappa shape index (κ3) is 4.25. The highest BCUT2D eigenvalue weighted by Crippen LogP contribution is 2.54. The summed E-state index contributed by atoms with van der Waals surface area (Å²) in [4.78, 5) is 5.23. The largest absolute Gasteiger partial charge is 0.456 e. The Balaban J connectivity index is 1.21. The van der Waals surface area contributed by atoms with Crippen LogP contribution in [-0.4, -0.2) is 9.55 Å². The lowest BCUT2D eigenvalue weighted by Crippen LogP contribution is -2.34. The Bertz CT molecular complexity index is 3400. The first-order valence-corrected chi connectivity index (χ1v) is 20.6. The molecular formula is C51H31N2O2P. The van der Waals surface area contributed by atoms with E-state index in [0.717, 1.165) is 110 Å². The third-order valence-corrected chi connectivity index (χ3v) is 14.7. The first-order chi connectivity index (χ1) is 27.7. The van der Waals surface area contributed by atoms with E-state index in [2.05, 4.69) is 120 Å². The first kappa shape index (κ1) is 31.4. The van der Waals surface area contributed by atoms with E-state index in [1.165, 1.54) is 0 Å². The van der Waals surface area contributed by atoms with E-state index in [1.807, 2.05) is 72.8 Å². The molecule has 1 aliphatic heterocycles. The van der Waals surface area contributed by atoms with Gasteiger partial charge >= 0.3 is 0 Å². The number of fused-ring (bicyclic) bond motifs is 7. The number of aromatic nitrogens is 2. The summed E-state index contributed by atoms with van der Waals surface area (Å²) in [5.41, 5.74) is 9.62. The molecule has 2 aromatic heterocycles. The standard InChI is InChI=1S/C51H31N2O2P/c54-56(34-17-5-2-6-18-34)46-28-14-25-42-49(46)53(51(52-42)32-15-3-1-4-16-32)43-26-13-24-41(50(43)56)48-39-22-9-7-20-37(39)47(38-21-8-10-23-40(38)48)33-29-30-36-35-19-11-12-27-44(35)55-45(36)31-33/h1-31H. The quantitative estimate of drug-likeness (QED) is 0.134. The highest BCUT2D eigenvalue weighted by molar-refractivity contribution is 7.86. The van der Waals surface area contributed by atoms with Crippen LogP contribution in [0.25, 0.3) is 93.8 Å². The monoisotopic (exact) mass is 734 g/mol. The van der Waals surface area contributed by atoms with Crippen molar-refractivity contribution in [1.29, 1.82) is 0 Å². The molecule has 262 valence electrons. The zero-order valence-electron chi connectivity index (χ0n) is 30.1. The smallest absolute Gasteiger partial charge is 0.175 e. The summed E-state index contributed by atoms with van der Waals surface area (Å²) in [6.45, 7) is 0. The minimum absolute atomic E-state index is 0.805. The van der Waals surface area contributed by atoms with Gasteiger partial charge in [0, 0.05) is 26.9 Å². The summed E-state index contributed by atoms with van der Waals surface area (Å²) in [7, 11) is -3.49. The Kier molecular flexibility index (Phi) is 6.58. The number of rotatable bonds is 4. The van der Waals surface area contributed by atoms with Crippen molar-refractivity contribution in [3.63, 3.8) is 0 Å². The molecule has 0 bridgehead atoms. The van der Waals surface area contributed by atoms with Crippen LogP contribution in [-0.2, 0) is 4.57 Å². The molecule has 1 atom stereocenters. The van der Waals surface area contributed by atoms with E-state index in [9.17, 15) is 0 Å². The lowest BCUT2D eigenvalue weighted by molar-refractivity contribution is 0.592. The Morgan fingerprint density at radius 1 is 0.482 bits per heavy atom. The maximum absolute atomic E-state index is 16.7. The van der Waals surface area contributed by atoms with Crippen LogP contribution in [0.15, 0.2) is 192 Å². The van der Waals surface area contributed by atoms with Crippen LogP contribution in [0.5, 0.6) is 0 Å². The van der Waals surface area contributed by atoms with Crippen molar-refractivity contribution in [2.45, 2.75) is 0 Å². The van der Waals surface area contributed by atoms with E-state index in [4.69, 9.17) is 9.40 Å². The van der Waals surface area contributed by atoms with Gasteiger partial charge in [-0.1, -0.05) is 152 Å². The number of hydrogen-bond acceptors (Lipinski definition) is 3. The minimum atomic E-state index is -3.49. The van der Waals surface area contributed by atoms with Gasteiger partial charge in [-0.2, -0.15) is 0 Å². The van der Waals surface area contributed by atoms with Crippen molar-refractivity contribution >= 4 is 77.6 Å². The van der Waals surface area contributed by atoms with Gasteiger partial charge in [0.25, 0.3) is 0 Å². The van der Waals surface area contributed by atoms with Gasteiger partial charge in [-0.25, -0.2) is 4.98 Å². The van der Waals surface area contributed by atoms with Crippen molar-refractivity contribution in [3.8, 4) is 39.3 Å². The molecule has 0 fully saturated rings. The minimum Gasteiger partial charge on any atom is -0.456 e. The van der Waals surface area contributed by atoms with Gasteiger partial charge in [-0.05, 0) is 80.2 Å². The van der Waals surface area contributed by atoms with Crippen molar-refractivity contribution in [1.82, 2.24) is 9.55 Å². The first-order valence-electron chi connectivity index (χ1n) is 18.9. The van der Waals surface area contributed by atoms with Gasteiger partial charge in [0.05, 0.1) is 22.0 Å². The van der Waals surface area contributed by atoms with Gasteiger partial charge in [0.15, 0.2) is 7.14 Å². The number of furan rings is 1. The second-order valence-electron chi connectivity index (χ2n) is 14.6. The maximum atomic E-state index is 16.7. The molecule has 0 saturated heterocycles. The molecule has 0 aliphatic carbocycles. The van der Waals surface area contributed by atoms with E-state index < -0.39 is 7.14 Å². The number of nitrogens with zero attached hydrogens (tertiary/aromatic N) is 2. The Morgan fingerprint density at radius 3 is 1.82 bits per heavy atom. The van der Waals surface area contributed by atoms with Crippen LogP contribution in [0, 0.1) is 0 Å². The van der Waals surface area contributed by atoms with E-state index in [0.29, 0.717) is 0 Å². The average Bonchev–Trinajstić information content (AvgIpc) is 3.84. The van der Waals surface area contributed by atoms with E-state index in [1.54, 1.807) is 0 Å². The van der Waals surface area contributed by atoms with Gasteiger partial charge in [-0.15, -0.1) is 0 Å². The fourth-order valence-electron chi connectivity index (χ4n) is 9.26. The summed E-state index contributed by atoms with van der Waals surface area (Å²) in [6, 6.07) is 65.0. The highest BCUT2D eigenvalue weighted by Gasteiger charge is 2.42. The van der Waals surface area contributed by atoms with Crippen molar-refractivity contribution < 1.29 is 8.98 Å². The van der Waals surface area contributed by atoms with Crippen LogP contribution < -0.4 is 15.9 Å². The topological polar surface area (TPSA) is 48.0 Å². The summed E-state index contributed by atoms with van der Waals surface area (Å²) in [5, 5.41) is 9.08. The molecule has 1 aliphatic rings. The zero-order chi connectivity index (χ0) is 37.0. The summed E-state index contributed by atoms with van der Waals surface area (Å²) in [5.74, 6) is 0.830. The predicted octanol–water partition coefficient (Wildman–Crippen LogP) is 12.2. The molecule has 3 heterocycles. The van der Waals surface area contributed by atoms with E-state index >= 15 is 4.57 Å². The SMILES string of the molecule is O=P1(c2ccccc2)c2c(-c3c4ccccc4c(-c4ccc5c(c4)oc4ccccc45)c4ccccc34)cccc2-n2c(-c3ccccc3)nc3cccc1c32. The summed E-state index contributed by atoms with van der Waals surface area (Å²) >= 11 is 0. The van der Waals surface area contributed by atoms with Crippen LogP contribution in [0.1, 0.15) is 0 Å². The summed E-state index contributed by atoms with van der Waals surface area (Å²) in [6.07, 6.45) is 0. The lowest BCUT2D eigenvalue weighted by atomic mass is 9.85. The normalized spacial score (nSPS) is 14.9. The highest BCUT2D eigenvalue weighted by atomic mass is 31.2. The zero-order valence-corrected chi connectivity index (χ0v) is 31.0. The molecule has 4 nitrogen and oxygen atoms in total. The van der Waals surface area contributed by atoms with Gasteiger partial charge in [0.2, 0.25) is 0 Å². The Hall–Kier alpha value is -7.00. The second kappa shape index (κ2) is 11.7. The number of benzene rings is 9. The fourth-order valence-corrected chi connectivity index (χ4v) is 12.5. The van der Waals surface area contributed by atoms with Crippen LogP contribution in [0.3, 0.4) is 0 Å². The average molecular weight is 735 g/mol. The molecule has 9 aromatic carbocycles.